The summed E-state index contributed by atoms with van der Waals surface area (Å²) in [7, 11) is 0. The van der Waals surface area contributed by atoms with Gasteiger partial charge in [-0.1, -0.05) is 82.6 Å². The number of hydrogen-bond donors (Lipinski definition) is 6. The SMILES string of the molecule is CCCCCCCCCCCC1N=C(N)NC(=NCc2ccc(C(F)(F)F)cc2)N1.Cl.NC(N)=NC(N)=NCc1ccc(C(F)(F)F)cc1. The fourth-order valence-electron chi connectivity index (χ4n) is 4.53. The summed E-state index contributed by atoms with van der Waals surface area (Å²) in [6.45, 7) is 2.58. The van der Waals surface area contributed by atoms with Gasteiger partial charge < -0.3 is 28.3 Å². The first-order valence-corrected chi connectivity index (χ1v) is 15.8. The van der Waals surface area contributed by atoms with Gasteiger partial charge in [0, 0.05) is 0 Å². The van der Waals surface area contributed by atoms with Gasteiger partial charge in [-0.15, -0.1) is 12.4 Å². The van der Waals surface area contributed by atoms with Crippen LogP contribution >= 0.6 is 12.4 Å². The Morgan fingerprint density at radius 3 is 1.67 bits per heavy atom. The molecule has 2 aromatic rings. The highest BCUT2D eigenvalue weighted by atomic mass is 35.5. The minimum atomic E-state index is -4.35. The minimum Gasteiger partial charge on any atom is -0.370 e. The summed E-state index contributed by atoms with van der Waals surface area (Å²) >= 11 is 0. The molecule has 0 fully saturated rings. The molecule has 0 saturated heterocycles. The lowest BCUT2D eigenvalue weighted by molar-refractivity contribution is -0.138. The highest BCUT2D eigenvalue weighted by Gasteiger charge is 2.30. The highest BCUT2D eigenvalue weighted by molar-refractivity contribution is 5.99. The Labute approximate surface area is 289 Å². The summed E-state index contributed by atoms with van der Waals surface area (Å²) in [6, 6.07) is 9.59. The van der Waals surface area contributed by atoms with Crippen LogP contribution in [0.25, 0.3) is 0 Å². The number of unbranched alkanes of at least 4 members (excludes halogenated alkanes) is 8. The van der Waals surface area contributed by atoms with Crippen LogP contribution in [0.15, 0.2) is 68.5 Å². The number of hydrogen-bond acceptors (Lipinski definition) is 4. The van der Waals surface area contributed by atoms with E-state index in [1.165, 1.54) is 75.6 Å². The molecular formula is C32H47ClF6N10. The van der Waals surface area contributed by atoms with Crippen LogP contribution < -0.4 is 33.6 Å². The van der Waals surface area contributed by atoms with Crippen LogP contribution in [-0.2, 0) is 25.4 Å². The fourth-order valence-corrected chi connectivity index (χ4v) is 4.53. The van der Waals surface area contributed by atoms with Crippen molar-refractivity contribution in [3.63, 3.8) is 0 Å². The van der Waals surface area contributed by atoms with E-state index >= 15 is 0 Å². The third kappa shape index (κ3) is 18.2. The topological polar surface area (TPSA) is 178 Å². The molecular weight excluding hydrogens is 674 g/mol. The van der Waals surface area contributed by atoms with E-state index in [4.69, 9.17) is 22.9 Å². The number of nitrogens with one attached hydrogen (secondary N) is 2. The minimum absolute atomic E-state index is 0. The van der Waals surface area contributed by atoms with Crippen LogP contribution in [0.1, 0.15) is 93.4 Å². The molecule has 17 heteroatoms. The molecule has 0 spiro atoms. The zero-order valence-electron chi connectivity index (χ0n) is 27.5. The van der Waals surface area contributed by atoms with Gasteiger partial charge in [-0.2, -0.15) is 31.3 Å². The average molecular weight is 721 g/mol. The van der Waals surface area contributed by atoms with E-state index in [1.54, 1.807) is 0 Å². The largest absolute Gasteiger partial charge is 0.416 e. The summed E-state index contributed by atoms with van der Waals surface area (Å²) in [5.74, 6) is 0.447. The van der Waals surface area contributed by atoms with Crippen LogP contribution in [0.3, 0.4) is 0 Å². The Bertz CT molecular complexity index is 1350. The Morgan fingerprint density at radius 2 is 1.20 bits per heavy atom. The van der Waals surface area contributed by atoms with Crippen molar-refractivity contribution in [2.75, 3.05) is 0 Å². The molecule has 274 valence electrons. The van der Waals surface area contributed by atoms with E-state index in [-0.39, 0.29) is 43.6 Å². The molecule has 0 aliphatic carbocycles. The lowest BCUT2D eigenvalue weighted by Crippen LogP contribution is -2.53. The standard InChI is InChI=1S/C22H34F3N5.C10H12F3N5.ClH/c1-2-3-4-5-6-7-8-9-10-11-19-28-20(26)30-21(29-19)27-16-17-12-14-18(15-13-17)22(23,24)25;11-10(12,13)7-3-1-6(2-4-7)5-17-9(16)18-8(14)15;/h12-15,19H,2-11,16H2,1H3,(H4,26,27,28,29,30);1-4H,5H2,(H6,14,15,16,17,18);1H. The summed E-state index contributed by atoms with van der Waals surface area (Å²) in [5, 5.41) is 6.08. The van der Waals surface area contributed by atoms with E-state index in [0.29, 0.717) is 23.0 Å². The molecule has 49 heavy (non-hydrogen) atoms. The van der Waals surface area contributed by atoms with Crippen molar-refractivity contribution in [3.05, 3.63) is 70.8 Å². The number of nitrogens with zero attached hydrogens (tertiary/aromatic N) is 4. The third-order valence-electron chi connectivity index (χ3n) is 7.08. The first-order valence-electron chi connectivity index (χ1n) is 15.8. The second-order valence-corrected chi connectivity index (χ2v) is 11.2. The summed E-state index contributed by atoms with van der Waals surface area (Å²) in [5.41, 5.74) is 21.2. The summed E-state index contributed by atoms with van der Waals surface area (Å²) in [6.07, 6.45) is 3.45. The van der Waals surface area contributed by atoms with Gasteiger partial charge >= 0.3 is 12.4 Å². The Kier molecular flexibility index (Phi) is 19.0. The van der Waals surface area contributed by atoms with Crippen LogP contribution in [0.5, 0.6) is 0 Å². The predicted octanol–water partition coefficient (Wildman–Crippen LogP) is 6.53. The van der Waals surface area contributed by atoms with Crippen molar-refractivity contribution < 1.29 is 26.3 Å². The van der Waals surface area contributed by atoms with Crippen molar-refractivity contribution >= 4 is 36.2 Å². The number of benzene rings is 2. The third-order valence-corrected chi connectivity index (χ3v) is 7.08. The van der Waals surface area contributed by atoms with E-state index < -0.39 is 23.5 Å². The quantitative estimate of drug-likeness (QED) is 0.0559. The van der Waals surface area contributed by atoms with Crippen molar-refractivity contribution in [2.24, 2.45) is 42.9 Å². The molecule has 0 radical (unpaired) electrons. The normalized spacial score (nSPS) is 15.6. The second-order valence-electron chi connectivity index (χ2n) is 11.2. The summed E-state index contributed by atoms with van der Waals surface area (Å²) < 4.78 is 74.8. The van der Waals surface area contributed by atoms with Gasteiger partial charge in [0.05, 0.1) is 24.2 Å². The number of rotatable bonds is 14. The highest BCUT2D eigenvalue weighted by Crippen LogP contribution is 2.30. The first kappa shape index (κ1) is 42.8. The lowest BCUT2D eigenvalue weighted by Gasteiger charge is -2.24. The van der Waals surface area contributed by atoms with E-state index in [0.717, 1.165) is 37.1 Å². The molecule has 0 amide bonds. The van der Waals surface area contributed by atoms with Gasteiger partial charge in [0.2, 0.25) is 5.96 Å². The first-order chi connectivity index (χ1) is 22.7. The van der Waals surface area contributed by atoms with Crippen molar-refractivity contribution in [2.45, 2.75) is 103 Å². The molecule has 2 aromatic carbocycles. The van der Waals surface area contributed by atoms with Crippen molar-refractivity contribution in [1.29, 1.82) is 0 Å². The Morgan fingerprint density at radius 1 is 0.735 bits per heavy atom. The van der Waals surface area contributed by atoms with Crippen LogP contribution in [0, 0.1) is 0 Å². The lowest BCUT2D eigenvalue weighted by atomic mass is 10.1. The van der Waals surface area contributed by atoms with Crippen LogP contribution in [0.2, 0.25) is 0 Å². The van der Waals surface area contributed by atoms with Crippen LogP contribution in [-0.4, -0.2) is 30.0 Å². The monoisotopic (exact) mass is 720 g/mol. The van der Waals surface area contributed by atoms with Crippen molar-refractivity contribution in [3.8, 4) is 0 Å². The molecule has 0 bridgehead atoms. The van der Waals surface area contributed by atoms with Gasteiger partial charge in [0.25, 0.3) is 0 Å². The molecule has 0 aromatic heterocycles. The second kappa shape index (κ2) is 21.7. The number of nitrogens with two attached hydrogens (primary N) is 4. The Balaban J connectivity index is 0.000000542. The number of alkyl halides is 6. The van der Waals surface area contributed by atoms with E-state index in [1.807, 2.05) is 0 Å². The average Bonchev–Trinajstić information content (AvgIpc) is 3.01. The maximum absolute atomic E-state index is 12.6. The number of guanidine groups is 4. The zero-order chi connectivity index (χ0) is 35.6. The molecule has 1 unspecified atom stereocenters. The van der Waals surface area contributed by atoms with E-state index in [2.05, 4.69) is 37.5 Å². The molecule has 3 rings (SSSR count). The van der Waals surface area contributed by atoms with Gasteiger partial charge in [-0.25, -0.2) is 15.0 Å². The Hall–Kier alpha value is -4.21. The molecule has 10 nitrogen and oxygen atoms in total. The zero-order valence-corrected chi connectivity index (χ0v) is 28.3. The van der Waals surface area contributed by atoms with Crippen LogP contribution in [0.4, 0.5) is 26.3 Å². The number of halogens is 7. The number of aliphatic imine (C=N–C) groups is 4. The van der Waals surface area contributed by atoms with Crippen molar-refractivity contribution in [1.82, 2.24) is 10.6 Å². The van der Waals surface area contributed by atoms with Gasteiger partial charge in [0.15, 0.2) is 17.9 Å². The molecule has 0 saturated carbocycles. The molecule has 10 N–H and O–H groups in total. The molecule has 1 aliphatic rings. The fraction of sp³-hybridized carbons (Fsp3) is 0.500. The smallest absolute Gasteiger partial charge is 0.370 e. The predicted molar refractivity (Wildman–Crippen MR) is 186 cm³/mol. The maximum atomic E-state index is 12.6. The molecule has 1 heterocycles. The maximum Gasteiger partial charge on any atom is 0.416 e. The van der Waals surface area contributed by atoms with Gasteiger partial charge in [-0.3, -0.25) is 5.32 Å². The molecule has 1 atom stereocenters. The van der Waals surface area contributed by atoms with Gasteiger partial charge in [0.1, 0.15) is 6.17 Å². The summed E-state index contributed by atoms with van der Waals surface area (Å²) in [4.78, 5) is 16.0. The van der Waals surface area contributed by atoms with E-state index in [9.17, 15) is 26.3 Å². The molecule has 1 aliphatic heterocycles. The van der Waals surface area contributed by atoms with Gasteiger partial charge in [-0.05, 0) is 48.2 Å².